The molecule has 6 N–H and O–H groups in total. The zero-order valence-electron chi connectivity index (χ0n) is 37.2. The van der Waals surface area contributed by atoms with Gasteiger partial charge in [-0.15, -0.1) is 0 Å². The molecule has 1 aliphatic heterocycles. The van der Waals surface area contributed by atoms with Crippen molar-refractivity contribution in [3.8, 4) is 11.1 Å². The molecule has 1 fully saturated rings. The molecule has 62 heavy (non-hydrogen) atoms. The minimum atomic E-state index is -0.829. The fourth-order valence-electron chi connectivity index (χ4n) is 7.36. The Bertz CT molecular complexity index is 1660. The zero-order chi connectivity index (χ0) is 44.6. The second-order valence-corrected chi connectivity index (χ2v) is 16.7. The minimum Gasteiger partial charge on any atom is -0.449 e. The molecule has 1 unspecified atom stereocenters. The van der Waals surface area contributed by atoms with Crippen LogP contribution in [0.15, 0.2) is 48.5 Å². The molecular formula is C46H70N6O10. The van der Waals surface area contributed by atoms with E-state index in [1.807, 2.05) is 31.2 Å². The molecule has 16 heteroatoms. The van der Waals surface area contributed by atoms with E-state index in [-0.39, 0.29) is 42.5 Å². The number of rotatable bonds is 29. The molecule has 0 radical (unpaired) electrons. The van der Waals surface area contributed by atoms with E-state index in [1.165, 1.54) is 0 Å². The number of nitrogens with one attached hydrogen (secondary N) is 6. The standard InChI is InChI=1S/C46H70N6O10/c1-33-39(51-43(55)50-33)20-6-5-7-22-41(53)47-24-14-26-58-28-30-60-31-29-59-27-15-25-48-42(54)40(21-12-13-23-49-44(56)62-46(2,3)4)52-45(57)61-32-38-36-18-10-8-16-34(36)35-17-9-11-19-37(35)38/h8-11,16-19,33,38-40H,5-7,12-15,20-32H2,1-4H3,(H,47,53)(H,48,54)(H,49,56)(H,52,57)(H2,50,51,55)/t33-,39+,40?/m0/s1. The number of unbranched alkanes of at least 4 members (excludes halogenated alkanes) is 3. The Morgan fingerprint density at radius 1 is 0.677 bits per heavy atom. The first kappa shape index (κ1) is 49.7. The van der Waals surface area contributed by atoms with Gasteiger partial charge in [0, 0.05) is 51.2 Å². The molecule has 0 saturated carbocycles. The molecule has 344 valence electrons. The van der Waals surface area contributed by atoms with Crippen LogP contribution in [-0.2, 0) is 33.3 Å². The molecule has 1 saturated heterocycles. The average molecular weight is 867 g/mol. The number of carbonyl (C=O) groups excluding carboxylic acids is 5. The topological polar surface area (TPSA) is 204 Å². The maximum Gasteiger partial charge on any atom is 0.407 e. The van der Waals surface area contributed by atoms with Crippen molar-refractivity contribution in [3.05, 3.63) is 59.7 Å². The van der Waals surface area contributed by atoms with Crippen LogP contribution < -0.4 is 31.9 Å². The lowest BCUT2D eigenvalue weighted by Gasteiger charge is -2.21. The predicted octanol–water partition coefficient (Wildman–Crippen LogP) is 5.67. The van der Waals surface area contributed by atoms with Gasteiger partial charge >= 0.3 is 18.2 Å². The predicted molar refractivity (Wildman–Crippen MR) is 236 cm³/mol. The third kappa shape index (κ3) is 18.6. The van der Waals surface area contributed by atoms with E-state index in [1.54, 1.807) is 20.8 Å². The van der Waals surface area contributed by atoms with Crippen LogP contribution in [0.2, 0.25) is 0 Å². The van der Waals surface area contributed by atoms with Crippen LogP contribution in [0.4, 0.5) is 14.4 Å². The van der Waals surface area contributed by atoms with Crippen molar-refractivity contribution in [1.82, 2.24) is 31.9 Å². The third-order valence-corrected chi connectivity index (χ3v) is 10.5. The van der Waals surface area contributed by atoms with E-state index in [0.717, 1.165) is 54.4 Å². The van der Waals surface area contributed by atoms with Gasteiger partial charge in [-0.1, -0.05) is 61.4 Å². The van der Waals surface area contributed by atoms with Gasteiger partial charge in [0.2, 0.25) is 11.8 Å². The Morgan fingerprint density at radius 2 is 1.27 bits per heavy atom. The molecule has 16 nitrogen and oxygen atoms in total. The van der Waals surface area contributed by atoms with Crippen LogP contribution >= 0.6 is 0 Å². The van der Waals surface area contributed by atoms with Crippen molar-refractivity contribution >= 4 is 30.0 Å². The highest BCUT2D eigenvalue weighted by Crippen LogP contribution is 2.44. The van der Waals surface area contributed by atoms with Crippen LogP contribution in [0, 0.1) is 0 Å². The molecule has 0 spiro atoms. The first-order valence-corrected chi connectivity index (χ1v) is 22.3. The average Bonchev–Trinajstić information content (AvgIpc) is 3.74. The molecule has 2 aliphatic rings. The number of benzene rings is 2. The van der Waals surface area contributed by atoms with Crippen molar-refractivity contribution in [1.29, 1.82) is 0 Å². The minimum absolute atomic E-state index is 0.0467. The summed E-state index contributed by atoms with van der Waals surface area (Å²) in [5.74, 6) is -0.382. The van der Waals surface area contributed by atoms with E-state index < -0.39 is 23.8 Å². The number of hydrogen-bond donors (Lipinski definition) is 6. The maximum atomic E-state index is 13.3. The number of fused-ring (bicyclic) bond motifs is 3. The zero-order valence-corrected chi connectivity index (χ0v) is 37.2. The van der Waals surface area contributed by atoms with Crippen LogP contribution in [0.5, 0.6) is 0 Å². The van der Waals surface area contributed by atoms with Gasteiger partial charge in [0.15, 0.2) is 0 Å². The van der Waals surface area contributed by atoms with E-state index in [2.05, 4.69) is 56.2 Å². The molecule has 4 rings (SSSR count). The molecule has 1 heterocycles. The highest BCUT2D eigenvalue weighted by molar-refractivity contribution is 5.85. The Labute approximate surface area is 367 Å². The summed E-state index contributed by atoms with van der Waals surface area (Å²) in [4.78, 5) is 61.8. The SMILES string of the molecule is C[C@@H]1NC(=O)N[C@@H]1CCCCCC(=O)NCCCOCCOCCOCCCNC(=O)C(CCCCNC(=O)OC(C)(C)C)NC(=O)OCC1c2ccccc2-c2ccccc21. The van der Waals surface area contributed by atoms with Crippen LogP contribution in [-0.4, -0.2) is 120 Å². The summed E-state index contributed by atoms with van der Waals surface area (Å²) in [5, 5.41) is 17.1. The summed E-state index contributed by atoms with van der Waals surface area (Å²) < 4.78 is 27.8. The van der Waals surface area contributed by atoms with Gasteiger partial charge in [-0.25, -0.2) is 14.4 Å². The Hall–Kier alpha value is -4.93. The smallest absolute Gasteiger partial charge is 0.407 e. The van der Waals surface area contributed by atoms with Gasteiger partial charge in [-0.05, 0) is 94.9 Å². The summed E-state index contributed by atoms with van der Waals surface area (Å²) in [5.41, 5.74) is 3.86. The second-order valence-electron chi connectivity index (χ2n) is 16.7. The Morgan fingerprint density at radius 3 is 1.89 bits per heavy atom. The molecule has 0 bridgehead atoms. The fourth-order valence-corrected chi connectivity index (χ4v) is 7.36. The maximum absolute atomic E-state index is 13.3. The number of carbonyl (C=O) groups is 5. The van der Waals surface area contributed by atoms with Crippen LogP contribution in [0.25, 0.3) is 11.1 Å². The van der Waals surface area contributed by atoms with Gasteiger partial charge < -0.3 is 55.6 Å². The monoisotopic (exact) mass is 867 g/mol. The number of ether oxygens (including phenoxy) is 5. The highest BCUT2D eigenvalue weighted by atomic mass is 16.6. The summed E-state index contributed by atoms with van der Waals surface area (Å²) in [6.07, 6.45) is 5.79. The van der Waals surface area contributed by atoms with Crippen molar-refractivity contribution in [2.45, 2.75) is 122 Å². The highest BCUT2D eigenvalue weighted by Gasteiger charge is 2.30. The summed E-state index contributed by atoms with van der Waals surface area (Å²) in [6.45, 7) is 11.4. The first-order chi connectivity index (χ1) is 29.9. The van der Waals surface area contributed by atoms with Crippen LogP contribution in [0.3, 0.4) is 0 Å². The lowest BCUT2D eigenvalue weighted by atomic mass is 9.98. The molecule has 2 aromatic carbocycles. The van der Waals surface area contributed by atoms with E-state index in [9.17, 15) is 24.0 Å². The largest absolute Gasteiger partial charge is 0.449 e. The number of urea groups is 1. The molecule has 0 aromatic heterocycles. The number of hydrogen-bond acceptors (Lipinski definition) is 10. The normalized spacial score (nSPS) is 16.0. The molecule has 3 atom stereocenters. The Balaban J connectivity index is 1.03. The molecule has 6 amide bonds. The van der Waals surface area contributed by atoms with Crippen molar-refractivity contribution in [2.75, 3.05) is 65.9 Å². The number of amides is 6. The lowest BCUT2D eigenvalue weighted by Crippen LogP contribution is -2.47. The van der Waals surface area contributed by atoms with Gasteiger partial charge in [-0.2, -0.15) is 0 Å². The molecule has 1 aliphatic carbocycles. The second kappa shape index (κ2) is 27.2. The summed E-state index contributed by atoms with van der Waals surface area (Å²) >= 11 is 0. The van der Waals surface area contributed by atoms with Gasteiger partial charge in [0.25, 0.3) is 0 Å². The number of alkyl carbamates (subject to hydrolysis) is 2. The molecular weight excluding hydrogens is 797 g/mol. The third-order valence-electron chi connectivity index (χ3n) is 10.5. The van der Waals surface area contributed by atoms with Crippen molar-refractivity contribution < 1.29 is 47.7 Å². The Kier molecular flexibility index (Phi) is 21.8. The first-order valence-electron chi connectivity index (χ1n) is 22.3. The summed E-state index contributed by atoms with van der Waals surface area (Å²) in [6, 6.07) is 15.6. The fraction of sp³-hybridized carbons (Fsp3) is 0.630. The van der Waals surface area contributed by atoms with Crippen molar-refractivity contribution in [3.63, 3.8) is 0 Å². The quantitative estimate of drug-likeness (QED) is 0.0553. The van der Waals surface area contributed by atoms with Gasteiger partial charge in [-0.3, -0.25) is 9.59 Å². The van der Waals surface area contributed by atoms with E-state index in [0.29, 0.717) is 91.4 Å². The van der Waals surface area contributed by atoms with Crippen LogP contribution in [0.1, 0.15) is 109 Å². The van der Waals surface area contributed by atoms with E-state index >= 15 is 0 Å². The molecule has 2 aromatic rings. The van der Waals surface area contributed by atoms with Gasteiger partial charge in [0.05, 0.1) is 32.5 Å². The van der Waals surface area contributed by atoms with Gasteiger partial charge in [0.1, 0.15) is 18.2 Å². The van der Waals surface area contributed by atoms with Crippen molar-refractivity contribution in [2.24, 2.45) is 0 Å². The van der Waals surface area contributed by atoms with E-state index in [4.69, 9.17) is 23.7 Å². The lowest BCUT2D eigenvalue weighted by molar-refractivity contribution is -0.123. The summed E-state index contributed by atoms with van der Waals surface area (Å²) in [7, 11) is 0.